The number of aromatic hydroxyl groups is 1. The van der Waals surface area contributed by atoms with Crippen molar-refractivity contribution < 1.29 is 14.6 Å². The lowest BCUT2D eigenvalue weighted by Crippen LogP contribution is -2.38. The lowest BCUT2D eigenvalue weighted by atomic mass is 9.89. The van der Waals surface area contributed by atoms with Gasteiger partial charge in [-0.2, -0.15) is 0 Å². The Balaban J connectivity index is 1.73. The van der Waals surface area contributed by atoms with E-state index in [1.807, 2.05) is 30.5 Å². The molecule has 1 heterocycles. The van der Waals surface area contributed by atoms with Crippen LogP contribution < -0.4 is 4.74 Å². The minimum atomic E-state index is -0.0386. The number of methoxy groups -OCH3 is 1. The van der Waals surface area contributed by atoms with E-state index in [9.17, 15) is 9.90 Å². The van der Waals surface area contributed by atoms with Gasteiger partial charge >= 0.3 is 0 Å². The first kappa shape index (κ1) is 20.1. The normalized spacial score (nSPS) is 17.7. The van der Waals surface area contributed by atoms with E-state index in [1.165, 1.54) is 7.11 Å². The van der Waals surface area contributed by atoms with Crippen LogP contribution in [0.15, 0.2) is 41.3 Å². The van der Waals surface area contributed by atoms with E-state index in [-0.39, 0.29) is 22.5 Å². The summed E-state index contributed by atoms with van der Waals surface area (Å²) in [6.45, 7) is 2.33. The smallest absolute Gasteiger partial charge is 0.176 e. The van der Waals surface area contributed by atoms with Crippen LogP contribution in [0.4, 0.5) is 0 Å². The number of likely N-dealkylation sites (tertiary alicyclic amines) is 1. The number of rotatable bonds is 6. The molecule has 1 saturated heterocycles. The molecule has 0 unspecified atom stereocenters. The van der Waals surface area contributed by atoms with Gasteiger partial charge in [0.1, 0.15) is 0 Å². The van der Waals surface area contributed by atoms with E-state index in [4.69, 9.17) is 16.3 Å². The highest BCUT2D eigenvalue weighted by atomic mass is 35.5. The summed E-state index contributed by atoms with van der Waals surface area (Å²) in [6.07, 6.45) is 3.90. The summed E-state index contributed by atoms with van der Waals surface area (Å²) in [4.78, 5) is 16.4. The van der Waals surface area contributed by atoms with Crippen molar-refractivity contribution >= 4 is 29.1 Å². The third kappa shape index (κ3) is 4.60. The summed E-state index contributed by atoms with van der Waals surface area (Å²) in [7, 11) is 1.51. The van der Waals surface area contributed by atoms with Gasteiger partial charge in [-0.3, -0.25) is 9.69 Å². The van der Waals surface area contributed by atoms with E-state index in [1.54, 1.807) is 23.9 Å². The largest absolute Gasteiger partial charge is 0.503 e. The van der Waals surface area contributed by atoms with Crippen LogP contribution in [0.2, 0.25) is 5.02 Å². The number of phenols is 1. The Kier molecular flexibility index (Phi) is 6.68. The molecule has 2 aromatic rings. The molecule has 0 aromatic heterocycles. The monoisotopic (exact) mass is 405 g/mol. The number of phenolic OH excluding ortho intramolecular Hbond substituents is 1. The fourth-order valence-corrected chi connectivity index (χ4v) is 4.45. The van der Waals surface area contributed by atoms with E-state index < -0.39 is 0 Å². The van der Waals surface area contributed by atoms with Crippen molar-refractivity contribution in [3.8, 4) is 11.5 Å². The van der Waals surface area contributed by atoms with Gasteiger partial charge < -0.3 is 9.84 Å². The van der Waals surface area contributed by atoms with Gasteiger partial charge in [-0.25, -0.2) is 0 Å². The quantitative estimate of drug-likeness (QED) is 0.548. The molecule has 27 heavy (non-hydrogen) atoms. The molecular weight excluding hydrogens is 382 g/mol. The van der Waals surface area contributed by atoms with Crippen LogP contribution in [0.1, 0.15) is 28.8 Å². The summed E-state index contributed by atoms with van der Waals surface area (Å²) < 4.78 is 5.19. The third-order valence-corrected chi connectivity index (χ3v) is 6.05. The first-order chi connectivity index (χ1) is 13.0. The van der Waals surface area contributed by atoms with Crippen LogP contribution in [0.3, 0.4) is 0 Å². The number of ether oxygens (including phenoxy) is 1. The number of ketones is 1. The average molecular weight is 406 g/mol. The number of piperidine rings is 1. The fourth-order valence-electron chi connectivity index (χ4n) is 3.61. The second-order valence-electron chi connectivity index (χ2n) is 6.77. The highest BCUT2D eigenvalue weighted by Gasteiger charge is 2.28. The molecule has 4 nitrogen and oxygen atoms in total. The molecule has 0 saturated carbocycles. The van der Waals surface area contributed by atoms with E-state index >= 15 is 0 Å². The first-order valence-corrected chi connectivity index (χ1v) is 10.6. The molecule has 2 aromatic carbocycles. The number of carbonyl (C=O) groups is 1. The van der Waals surface area contributed by atoms with Crippen molar-refractivity contribution in [2.24, 2.45) is 5.92 Å². The minimum Gasteiger partial charge on any atom is -0.503 e. The molecule has 1 atom stereocenters. The highest BCUT2D eigenvalue weighted by Crippen LogP contribution is 2.35. The SMILES string of the molecule is COc1cc(CN2CCC[C@@H](C(=O)c3ccccc3SC)C2)cc(Cl)c1O. The van der Waals surface area contributed by atoms with Crippen molar-refractivity contribution in [2.75, 3.05) is 26.5 Å². The molecule has 1 N–H and O–H groups in total. The molecule has 1 fully saturated rings. The van der Waals surface area contributed by atoms with E-state index in [2.05, 4.69) is 4.90 Å². The Morgan fingerprint density at radius 2 is 2.15 bits per heavy atom. The molecular formula is C21H24ClNO3S. The highest BCUT2D eigenvalue weighted by molar-refractivity contribution is 7.98. The van der Waals surface area contributed by atoms with Crippen LogP contribution in [-0.2, 0) is 6.54 Å². The predicted molar refractivity (Wildman–Crippen MR) is 110 cm³/mol. The second kappa shape index (κ2) is 9.00. The van der Waals surface area contributed by atoms with Crippen LogP contribution in [0, 0.1) is 5.92 Å². The molecule has 1 aliphatic heterocycles. The van der Waals surface area contributed by atoms with Crippen molar-refractivity contribution in [2.45, 2.75) is 24.3 Å². The number of benzene rings is 2. The molecule has 0 spiro atoms. The van der Waals surface area contributed by atoms with Crippen molar-refractivity contribution in [1.29, 1.82) is 0 Å². The van der Waals surface area contributed by atoms with E-state index in [0.29, 0.717) is 12.3 Å². The average Bonchev–Trinajstić information content (AvgIpc) is 2.70. The topological polar surface area (TPSA) is 49.8 Å². The Morgan fingerprint density at radius 3 is 2.89 bits per heavy atom. The van der Waals surface area contributed by atoms with E-state index in [0.717, 1.165) is 42.0 Å². The first-order valence-electron chi connectivity index (χ1n) is 8.98. The van der Waals surface area contributed by atoms with Crippen molar-refractivity contribution in [3.63, 3.8) is 0 Å². The molecule has 144 valence electrons. The van der Waals surface area contributed by atoms with Crippen LogP contribution in [0.25, 0.3) is 0 Å². The Morgan fingerprint density at radius 1 is 1.37 bits per heavy atom. The predicted octanol–water partition coefficient (Wildman–Crippen LogP) is 4.87. The Labute approximate surface area is 169 Å². The number of thioether (sulfide) groups is 1. The maximum Gasteiger partial charge on any atom is 0.176 e. The zero-order chi connectivity index (χ0) is 19.4. The molecule has 6 heteroatoms. The van der Waals surface area contributed by atoms with Crippen molar-refractivity contribution in [1.82, 2.24) is 4.90 Å². The number of nitrogens with zero attached hydrogens (tertiary/aromatic N) is 1. The second-order valence-corrected chi connectivity index (χ2v) is 8.02. The number of halogens is 1. The van der Waals surface area contributed by atoms with Crippen LogP contribution in [-0.4, -0.2) is 42.2 Å². The molecule has 0 amide bonds. The molecule has 1 aliphatic rings. The summed E-state index contributed by atoms with van der Waals surface area (Å²) in [6, 6.07) is 11.4. The lowest BCUT2D eigenvalue weighted by Gasteiger charge is -2.32. The van der Waals surface area contributed by atoms with Gasteiger partial charge in [0.05, 0.1) is 12.1 Å². The van der Waals surface area contributed by atoms with Crippen LogP contribution >= 0.6 is 23.4 Å². The number of hydrogen-bond acceptors (Lipinski definition) is 5. The van der Waals surface area contributed by atoms with Gasteiger partial charge in [-0.15, -0.1) is 11.8 Å². The lowest BCUT2D eigenvalue weighted by molar-refractivity contribution is 0.0808. The van der Waals surface area contributed by atoms with Gasteiger partial charge in [0, 0.05) is 29.5 Å². The van der Waals surface area contributed by atoms with Crippen molar-refractivity contribution in [3.05, 3.63) is 52.5 Å². The van der Waals surface area contributed by atoms with Gasteiger partial charge in [0.15, 0.2) is 17.3 Å². The van der Waals surface area contributed by atoms with Crippen LogP contribution in [0.5, 0.6) is 11.5 Å². The van der Waals surface area contributed by atoms with Gasteiger partial charge in [0.2, 0.25) is 0 Å². The third-order valence-electron chi connectivity index (χ3n) is 4.96. The summed E-state index contributed by atoms with van der Waals surface area (Å²) in [5.74, 6) is 0.562. The molecule has 0 bridgehead atoms. The zero-order valence-electron chi connectivity index (χ0n) is 15.6. The Hall–Kier alpha value is -1.69. The number of Topliss-reactive ketones (excluding diaryl/α,β-unsaturated/α-hetero) is 1. The standard InChI is InChI=1S/C21H24ClNO3S/c1-26-18-11-14(10-17(22)21(18)25)12-23-9-5-6-15(13-23)20(24)16-7-3-4-8-19(16)27-2/h3-4,7-8,10-11,15,25H,5-6,9,12-13H2,1-2H3/t15-/m1/s1. The Bertz CT molecular complexity index is 827. The number of hydrogen-bond donors (Lipinski definition) is 1. The maximum atomic E-state index is 13.1. The molecule has 3 rings (SSSR count). The fraction of sp³-hybridized carbons (Fsp3) is 0.381. The van der Waals surface area contributed by atoms with Gasteiger partial charge in [-0.05, 0) is 49.4 Å². The molecule has 0 aliphatic carbocycles. The summed E-state index contributed by atoms with van der Waals surface area (Å²) in [5, 5.41) is 10.2. The molecule has 0 radical (unpaired) electrons. The maximum absolute atomic E-state index is 13.1. The number of carbonyl (C=O) groups excluding carboxylic acids is 1. The zero-order valence-corrected chi connectivity index (χ0v) is 17.1. The van der Waals surface area contributed by atoms with Gasteiger partial charge in [0.25, 0.3) is 0 Å². The minimum absolute atomic E-state index is 0.00142. The van der Waals surface area contributed by atoms with Gasteiger partial charge in [-0.1, -0.05) is 29.8 Å². The summed E-state index contributed by atoms with van der Waals surface area (Å²) >= 11 is 7.71. The summed E-state index contributed by atoms with van der Waals surface area (Å²) in [5.41, 5.74) is 1.79.